The van der Waals surface area contributed by atoms with Crippen LogP contribution in [-0.2, 0) is 0 Å². The maximum Gasteiger partial charge on any atom is 0.176 e. The average Bonchev–Trinajstić information content (AvgIpc) is 2.03. The molecule has 0 atom stereocenters. The first-order chi connectivity index (χ1) is 4.93. The number of hydrogen-bond donors (Lipinski definition) is 1. The summed E-state index contributed by atoms with van der Waals surface area (Å²) >= 11 is 0. The normalized spacial score (nSPS) is 19.9. The molecule has 0 heterocycles. The van der Waals surface area contributed by atoms with E-state index in [1.54, 1.807) is 0 Å². The highest BCUT2D eigenvalue weighted by Gasteiger charge is 2.11. The first kappa shape index (κ1) is 7.40. The smallest absolute Gasteiger partial charge is 0.176 e. The van der Waals surface area contributed by atoms with Crippen LogP contribution < -0.4 is 5.32 Å². The van der Waals surface area contributed by atoms with Gasteiger partial charge in [0.15, 0.2) is 6.19 Å². The number of nitrogens with zero attached hydrogens (tertiary/aromatic N) is 1. The zero-order chi connectivity index (χ0) is 7.23. The van der Waals surface area contributed by atoms with Gasteiger partial charge in [0.1, 0.15) is 0 Å². The maximum atomic E-state index is 8.24. The van der Waals surface area contributed by atoms with E-state index in [9.17, 15) is 0 Å². The molecule has 0 aliphatic heterocycles. The van der Waals surface area contributed by atoms with E-state index in [1.165, 1.54) is 32.1 Å². The van der Waals surface area contributed by atoms with Gasteiger partial charge < -0.3 is 5.32 Å². The van der Waals surface area contributed by atoms with Gasteiger partial charge in [-0.1, -0.05) is 19.3 Å². The van der Waals surface area contributed by atoms with Gasteiger partial charge in [-0.05, 0) is 18.8 Å². The van der Waals surface area contributed by atoms with Crippen LogP contribution in [0.1, 0.15) is 32.1 Å². The van der Waals surface area contributed by atoms with Crippen molar-refractivity contribution < 1.29 is 0 Å². The third-order valence-electron chi connectivity index (χ3n) is 2.19. The highest BCUT2D eigenvalue weighted by atomic mass is 14.8. The van der Waals surface area contributed by atoms with Gasteiger partial charge in [-0.2, -0.15) is 5.26 Å². The van der Waals surface area contributed by atoms with E-state index in [0.29, 0.717) is 0 Å². The Balaban J connectivity index is 2.09. The lowest BCUT2D eigenvalue weighted by molar-refractivity contribution is 0.355. The summed E-state index contributed by atoms with van der Waals surface area (Å²) in [7, 11) is 0. The zero-order valence-electron chi connectivity index (χ0n) is 6.27. The lowest BCUT2D eigenvalue weighted by Crippen LogP contribution is -2.20. The van der Waals surface area contributed by atoms with Crippen molar-refractivity contribution in [3.05, 3.63) is 0 Å². The minimum Gasteiger partial charge on any atom is -0.324 e. The van der Waals surface area contributed by atoms with Gasteiger partial charge in [-0.15, -0.1) is 0 Å². The monoisotopic (exact) mass is 138 g/mol. The molecule has 2 nitrogen and oxygen atoms in total. The molecule has 0 aromatic rings. The Bertz CT molecular complexity index is 120. The molecule has 56 valence electrons. The number of rotatable bonds is 2. The molecule has 0 aromatic carbocycles. The van der Waals surface area contributed by atoms with Gasteiger partial charge in [-0.25, -0.2) is 0 Å². The summed E-state index contributed by atoms with van der Waals surface area (Å²) in [6, 6.07) is 0. The van der Waals surface area contributed by atoms with Crippen LogP contribution in [-0.4, -0.2) is 6.54 Å². The summed E-state index contributed by atoms with van der Waals surface area (Å²) in [5.74, 6) is 0.772. The fraction of sp³-hybridized carbons (Fsp3) is 0.875. The summed E-state index contributed by atoms with van der Waals surface area (Å²) in [4.78, 5) is 0. The van der Waals surface area contributed by atoms with E-state index in [0.717, 1.165) is 12.5 Å². The molecule has 1 fully saturated rings. The Hall–Kier alpha value is -0.710. The minimum atomic E-state index is 0.772. The third kappa shape index (κ3) is 2.26. The standard InChI is InChI=1S/C8H14N2/c9-7-10-6-8-4-2-1-3-5-8/h8,10H,1-6H2. The van der Waals surface area contributed by atoms with Crippen molar-refractivity contribution in [3.8, 4) is 6.19 Å². The summed E-state index contributed by atoms with van der Waals surface area (Å²) in [5.41, 5.74) is 0. The summed E-state index contributed by atoms with van der Waals surface area (Å²) in [5, 5.41) is 11.0. The van der Waals surface area contributed by atoms with E-state index in [1.807, 2.05) is 6.19 Å². The Labute approximate surface area is 62.2 Å². The first-order valence-corrected chi connectivity index (χ1v) is 4.05. The molecule has 1 aliphatic rings. The Kier molecular flexibility index (Phi) is 3.08. The van der Waals surface area contributed by atoms with E-state index in [2.05, 4.69) is 5.32 Å². The molecular weight excluding hydrogens is 124 g/mol. The van der Waals surface area contributed by atoms with Crippen LogP contribution in [0.3, 0.4) is 0 Å². The van der Waals surface area contributed by atoms with Crippen LogP contribution in [0.2, 0.25) is 0 Å². The predicted octanol–water partition coefficient (Wildman–Crippen LogP) is 1.64. The second-order valence-electron chi connectivity index (χ2n) is 3.00. The molecular formula is C8H14N2. The fourth-order valence-corrected chi connectivity index (χ4v) is 1.58. The van der Waals surface area contributed by atoms with E-state index in [4.69, 9.17) is 5.26 Å². The molecule has 2 heteroatoms. The topological polar surface area (TPSA) is 35.8 Å². The molecule has 0 saturated heterocycles. The van der Waals surface area contributed by atoms with Gasteiger partial charge in [0.05, 0.1) is 0 Å². The molecule has 0 amide bonds. The van der Waals surface area contributed by atoms with Gasteiger partial charge in [-0.3, -0.25) is 0 Å². The summed E-state index contributed by atoms with van der Waals surface area (Å²) in [6.45, 7) is 0.899. The Morgan fingerprint density at radius 3 is 2.60 bits per heavy atom. The second kappa shape index (κ2) is 4.16. The predicted molar refractivity (Wildman–Crippen MR) is 40.2 cm³/mol. The molecule has 0 spiro atoms. The molecule has 1 saturated carbocycles. The van der Waals surface area contributed by atoms with Crippen molar-refractivity contribution in [2.45, 2.75) is 32.1 Å². The lowest BCUT2D eigenvalue weighted by Gasteiger charge is -2.19. The highest BCUT2D eigenvalue weighted by Crippen LogP contribution is 2.22. The highest BCUT2D eigenvalue weighted by molar-refractivity contribution is 4.72. The fourth-order valence-electron chi connectivity index (χ4n) is 1.58. The minimum absolute atomic E-state index is 0.772. The van der Waals surface area contributed by atoms with Crippen molar-refractivity contribution in [2.24, 2.45) is 5.92 Å². The Morgan fingerprint density at radius 1 is 1.30 bits per heavy atom. The SMILES string of the molecule is N#CNCC1CCCCC1. The quantitative estimate of drug-likeness (QED) is 0.465. The molecule has 0 bridgehead atoms. The summed E-state index contributed by atoms with van der Waals surface area (Å²) in [6.07, 6.45) is 8.70. The zero-order valence-corrected chi connectivity index (χ0v) is 6.27. The molecule has 10 heavy (non-hydrogen) atoms. The molecule has 1 rings (SSSR count). The summed E-state index contributed by atoms with van der Waals surface area (Å²) < 4.78 is 0. The van der Waals surface area contributed by atoms with Gasteiger partial charge in [0.2, 0.25) is 0 Å². The Morgan fingerprint density at radius 2 is 2.00 bits per heavy atom. The number of nitriles is 1. The van der Waals surface area contributed by atoms with Gasteiger partial charge >= 0.3 is 0 Å². The van der Waals surface area contributed by atoms with Gasteiger partial charge in [0.25, 0.3) is 0 Å². The third-order valence-corrected chi connectivity index (χ3v) is 2.19. The van der Waals surface area contributed by atoms with Crippen LogP contribution in [0.4, 0.5) is 0 Å². The van der Waals surface area contributed by atoms with Crippen molar-refractivity contribution >= 4 is 0 Å². The second-order valence-corrected chi connectivity index (χ2v) is 3.00. The van der Waals surface area contributed by atoms with Crippen LogP contribution in [0, 0.1) is 17.4 Å². The first-order valence-electron chi connectivity index (χ1n) is 4.05. The van der Waals surface area contributed by atoms with E-state index in [-0.39, 0.29) is 0 Å². The molecule has 0 aromatic heterocycles. The molecule has 0 radical (unpaired) electrons. The molecule has 1 N–H and O–H groups in total. The molecule has 1 aliphatic carbocycles. The number of nitrogens with one attached hydrogen (secondary N) is 1. The number of hydrogen-bond acceptors (Lipinski definition) is 2. The van der Waals surface area contributed by atoms with Crippen LogP contribution >= 0.6 is 0 Å². The largest absolute Gasteiger partial charge is 0.324 e. The maximum absolute atomic E-state index is 8.24. The van der Waals surface area contributed by atoms with Crippen molar-refractivity contribution in [1.29, 1.82) is 5.26 Å². The van der Waals surface area contributed by atoms with Gasteiger partial charge in [0, 0.05) is 6.54 Å². The van der Waals surface area contributed by atoms with Crippen LogP contribution in [0.15, 0.2) is 0 Å². The van der Waals surface area contributed by atoms with E-state index < -0.39 is 0 Å². The van der Waals surface area contributed by atoms with Crippen molar-refractivity contribution in [1.82, 2.24) is 5.32 Å². The average molecular weight is 138 g/mol. The van der Waals surface area contributed by atoms with Crippen LogP contribution in [0.25, 0.3) is 0 Å². The van der Waals surface area contributed by atoms with Crippen molar-refractivity contribution in [3.63, 3.8) is 0 Å². The van der Waals surface area contributed by atoms with Crippen molar-refractivity contribution in [2.75, 3.05) is 6.54 Å². The lowest BCUT2D eigenvalue weighted by atomic mass is 9.89. The van der Waals surface area contributed by atoms with Crippen LogP contribution in [0.5, 0.6) is 0 Å². The van der Waals surface area contributed by atoms with E-state index >= 15 is 0 Å². The molecule has 0 unspecified atom stereocenters.